The fourth-order valence-corrected chi connectivity index (χ4v) is 2.73. The van der Waals surface area contributed by atoms with E-state index in [1.807, 2.05) is 19.1 Å². The molecule has 3 N–H and O–H groups in total. The number of ether oxygens (including phenoxy) is 1. The summed E-state index contributed by atoms with van der Waals surface area (Å²) in [7, 11) is 0. The highest BCUT2D eigenvalue weighted by molar-refractivity contribution is 5.90. The van der Waals surface area contributed by atoms with Crippen molar-refractivity contribution in [3.8, 4) is 5.75 Å². The number of anilines is 1. The fourth-order valence-electron chi connectivity index (χ4n) is 2.73. The number of hydrogen-bond acceptors (Lipinski definition) is 5. The minimum absolute atomic E-state index is 0.124. The second kappa shape index (κ2) is 8.34. The van der Waals surface area contributed by atoms with Crippen molar-refractivity contribution in [3.63, 3.8) is 0 Å². The lowest BCUT2D eigenvalue weighted by Crippen LogP contribution is -2.23. The number of hydrogen-bond donors (Lipinski definition) is 2. The molecule has 3 aromatic rings. The largest absolute Gasteiger partial charge is 0.484 e. The molecule has 28 heavy (non-hydrogen) atoms. The standard InChI is InChI=1S/C20H20N4O4/c1-13-3-2-4-16-19(13)22-12-24(20(16)27)10-9-18(26)23-14-5-7-15(8-6-14)28-11-17(21)25/h2-8,12H,9-11H2,1H3,(H2,21,25)(H,23,26). The number of benzene rings is 2. The van der Waals surface area contributed by atoms with Crippen LogP contribution in [-0.4, -0.2) is 28.0 Å². The van der Waals surface area contributed by atoms with Crippen LogP contribution in [-0.2, 0) is 16.1 Å². The Morgan fingerprint density at radius 2 is 1.93 bits per heavy atom. The third kappa shape index (κ3) is 4.53. The maximum absolute atomic E-state index is 12.5. The molecule has 2 amide bonds. The maximum Gasteiger partial charge on any atom is 0.261 e. The average Bonchev–Trinajstić information content (AvgIpc) is 2.67. The van der Waals surface area contributed by atoms with Crippen molar-refractivity contribution in [1.82, 2.24) is 9.55 Å². The van der Waals surface area contributed by atoms with Crippen LogP contribution < -0.4 is 21.3 Å². The summed E-state index contributed by atoms with van der Waals surface area (Å²) >= 11 is 0. The molecule has 1 aromatic heterocycles. The number of fused-ring (bicyclic) bond motifs is 1. The van der Waals surface area contributed by atoms with Gasteiger partial charge >= 0.3 is 0 Å². The molecule has 0 aliphatic heterocycles. The Morgan fingerprint density at radius 1 is 1.18 bits per heavy atom. The second-order valence-corrected chi connectivity index (χ2v) is 6.29. The quantitative estimate of drug-likeness (QED) is 0.646. The smallest absolute Gasteiger partial charge is 0.261 e. The van der Waals surface area contributed by atoms with E-state index < -0.39 is 5.91 Å². The van der Waals surface area contributed by atoms with Crippen molar-refractivity contribution in [1.29, 1.82) is 0 Å². The normalized spacial score (nSPS) is 10.6. The van der Waals surface area contributed by atoms with Crippen molar-refractivity contribution in [3.05, 3.63) is 64.7 Å². The highest BCUT2D eigenvalue weighted by atomic mass is 16.5. The number of carbonyl (C=O) groups is 2. The molecule has 0 aliphatic carbocycles. The van der Waals surface area contributed by atoms with Crippen LogP contribution in [0.3, 0.4) is 0 Å². The third-order valence-electron chi connectivity index (χ3n) is 4.15. The molecule has 0 fully saturated rings. The number of carbonyl (C=O) groups excluding carboxylic acids is 2. The zero-order valence-corrected chi connectivity index (χ0v) is 15.3. The predicted octanol–water partition coefficient (Wildman–Crippen LogP) is 1.60. The van der Waals surface area contributed by atoms with Gasteiger partial charge < -0.3 is 15.8 Å². The molecule has 0 spiro atoms. The SMILES string of the molecule is Cc1cccc2c(=O)n(CCC(=O)Nc3ccc(OCC(N)=O)cc3)cnc12. The van der Waals surface area contributed by atoms with E-state index in [1.165, 1.54) is 10.9 Å². The lowest BCUT2D eigenvalue weighted by atomic mass is 10.1. The number of primary amides is 1. The first-order valence-corrected chi connectivity index (χ1v) is 8.70. The molecule has 2 aromatic carbocycles. The van der Waals surface area contributed by atoms with E-state index in [-0.39, 0.29) is 31.0 Å². The summed E-state index contributed by atoms with van der Waals surface area (Å²) in [5.74, 6) is -0.325. The molecular formula is C20H20N4O4. The molecule has 0 bridgehead atoms. The monoisotopic (exact) mass is 380 g/mol. The number of para-hydroxylation sites is 1. The van der Waals surface area contributed by atoms with Gasteiger partial charge in [0.15, 0.2) is 6.61 Å². The van der Waals surface area contributed by atoms with Crippen LogP contribution >= 0.6 is 0 Å². The van der Waals surface area contributed by atoms with E-state index in [1.54, 1.807) is 30.3 Å². The van der Waals surface area contributed by atoms with Gasteiger partial charge in [0.1, 0.15) is 5.75 Å². The second-order valence-electron chi connectivity index (χ2n) is 6.29. The Kier molecular flexibility index (Phi) is 5.69. The van der Waals surface area contributed by atoms with Gasteiger partial charge in [-0.05, 0) is 42.8 Å². The Balaban J connectivity index is 1.60. The van der Waals surface area contributed by atoms with Crippen molar-refractivity contribution in [2.24, 2.45) is 5.73 Å². The number of amides is 2. The number of nitrogens with one attached hydrogen (secondary N) is 1. The molecule has 0 unspecified atom stereocenters. The van der Waals surface area contributed by atoms with Crippen molar-refractivity contribution in [2.75, 3.05) is 11.9 Å². The predicted molar refractivity (Wildman–Crippen MR) is 105 cm³/mol. The van der Waals surface area contributed by atoms with Crippen LogP contribution in [0.4, 0.5) is 5.69 Å². The van der Waals surface area contributed by atoms with E-state index in [4.69, 9.17) is 10.5 Å². The first kappa shape index (κ1) is 19.1. The molecule has 0 saturated carbocycles. The minimum atomic E-state index is -0.564. The van der Waals surface area contributed by atoms with Crippen LogP contribution in [0.25, 0.3) is 10.9 Å². The number of aryl methyl sites for hydroxylation is 2. The van der Waals surface area contributed by atoms with Gasteiger partial charge in [-0.2, -0.15) is 0 Å². The summed E-state index contributed by atoms with van der Waals surface area (Å²) in [4.78, 5) is 39.7. The maximum atomic E-state index is 12.5. The Labute approximate surface area is 160 Å². The van der Waals surface area contributed by atoms with Gasteiger partial charge in [-0.1, -0.05) is 12.1 Å². The van der Waals surface area contributed by atoms with Crippen molar-refractivity contribution >= 4 is 28.4 Å². The lowest BCUT2D eigenvalue weighted by Gasteiger charge is -2.09. The Morgan fingerprint density at radius 3 is 2.64 bits per heavy atom. The molecule has 1 heterocycles. The Bertz CT molecular complexity index is 1070. The Hall–Kier alpha value is -3.68. The third-order valence-corrected chi connectivity index (χ3v) is 4.15. The van der Waals surface area contributed by atoms with Gasteiger partial charge in [-0.25, -0.2) is 4.98 Å². The topological polar surface area (TPSA) is 116 Å². The van der Waals surface area contributed by atoms with Crippen LogP contribution in [0.2, 0.25) is 0 Å². The van der Waals surface area contributed by atoms with Crippen LogP contribution in [0.1, 0.15) is 12.0 Å². The molecule has 8 nitrogen and oxygen atoms in total. The molecule has 8 heteroatoms. The molecule has 144 valence electrons. The lowest BCUT2D eigenvalue weighted by molar-refractivity contribution is -0.120. The van der Waals surface area contributed by atoms with E-state index in [0.717, 1.165) is 5.56 Å². The van der Waals surface area contributed by atoms with E-state index in [9.17, 15) is 14.4 Å². The highest BCUT2D eigenvalue weighted by Gasteiger charge is 2.08. The summed E-state index contributed by atoms with van der Waals surface area (Å²) in [6, 6.07) is 12.0. The first-order valence-electron chi connectivity index (χ1n) is 8.70. The number of nitrogens with two attached hydrogens (primary N) is 1. The molecule has 0 radical (unpaired) electrons. The zero-order valence-electron chi connectivity index (χ0n) is 15.3. The van der Waals surface area contributed by atoms with Crippen LogP contribution in [0.15, 0.2) is 53.6 Å². The number of rotatable bonds is 7. The van der Waals surface area contributed by atoms with Gasteiger partial charge in [0.2, 0.25) is 5.91 Å². The van der Waals surface area contributed by atoms with Gasteiger partial charge in [0, 0.05) is 18.7 Å². The highest BCUT2D eigenvalue weighted by Crippen LogP contribution is 2.16. The van der Waals surface area contributed by atoms with E-state index in [0.29, 0.717) is 22.3 Å². The summed E-state index contributed by atoms with van der Waals surface area (Å²) in [6.07, 6.45) is 1.59. The van der Waals surface area contributed by atoms with Crippen molar-refractivity contribution < 1.29 is 14.3 Å². The van der Waals surface area contributed by atoms with Gasteiger partial charge in [0.25, 0.3) is 11.5 Å². The zero-order chi connectivity index (χ0) is 20.1. The van der Waals surface area contributed by atoms with Gasteiger partial charge in [0.05, 0.1) is 17.2 Å². The van der Waals surface area contributed by atoms with Crippen LogP contribution in [0, 0.1) is 6.92 Å². The first-order chi connectivity index (χ1) is 13.4. The van der Waals surface area contributed by atoms with Gasteiger partial charge in [-0.3, -0.25) is 19.0 Å². The summed E-state index contributed by atoms with van der Waals surface area (Å²) < 4.78 is 6.59. The van der Waals surface area contributed by atoms with Crippen molar-refractivity contribution in [2.45, 2.75) is 19.9 Å². The molecule has 3 rings (SSSR count). The average molecular weight is 380 g/mol. The molecule has 0 aliphatic rings. The minimum Gasteiger partial charge on any atom is -0.484 e. The van der Waals surface area contributed by atoms with Gasteiger partial charge in [-0.15, -0.1) is 0 Å². The molecular weight excluding hydrogens is 360 g/mol. The van der Waals surface area contributed by atoms with E-state index >= 15 is 0 Å². The fraction of sp³-hybridized carbons (Fsp3) is 0.200. The summed E-state index contributed by atoms with van der Waals surface area (Å²) in [5.41, 5.74) is 7.03. The molecule has 0 atom stereocenters. The summed E-state index contributed by atoms with van der Waals surface area (Å²) in [5, 5.41) is 3.28. The van der Waals surface area contributed by atoms with Crippen LogP contribution in [0.5, 0.6) is 5.75 Å². The number of nitrogens with zero attached hydrogens (tertiary/aromatic N) is 2. The molecule has 0 saturated heterocycles. The number of aromatic nitrogens is 2. The van der Waals surface area contributed by atoms with E-state index in [2.05, 4.69) is 10.3 Å². The summed E-state index contributed by atoms with van der Waals surface area (Å²) in [6.45, 7) is 1.91.